The molecule has 0 spiro atoms. The monoisotopic (exact) mass is 279 g/mol. The third-order valence-electron chi connectivity index (χ3n) is 3.04. The van der Waals surface area contributed by atoms with Crippen LogP contribution in [-0.2, 0) is 9.53 Å². The molecule has 2 atom stereocenters. The summed E-state index contributed by atoms with van der Waals surface area (Å²) in [7, 11) is 0. The lowest BCUT2D eigenvalue weighted by atomic mass is 10.2. The number of ether oxygens (including phenoxy) is 1. The highest BCUT2D eigenvalue weighted by atomic mass is 35.5. The van der Waals surface area contributed by atoms with E-state index in [1.165, 1.54) is 0 Å². The third kappa shape index (κ3) is 3.82. The second-order valence-electron chi connectivity index (χ2n) is 4.86. The van der Waals surface area contributed by atoms with Crippen molar-refractivity contribution >= 4 is 23.6 Å². The molecule has 0 aliphatic carbocycles. The van der Waals surface area contributed by atoms with E-state index < -0.39 is 0 Å². The van der Waals surface area contributed by atoms with Crippen molar-refractivity contribution in [1.82, 2.24) is 4.90 Å². The van der Waals surface area contributed by atoms with Gasteiger partial charge in [-0.05, 0) is 31.6 Å². The predicted molar refractivity (Wildman–Crippen MR) is 77.1 cm³/mol. The Morgan fingerprint density at radius 3 is 2.58 bits per heavy atom. The van der Waals surface area contributed by atoms with Crippen molar-refractivity contribution in [3.8, 4) is 0 Å². The lowest BCUT2D eigenvalue weighted by Crippen LogP contribution is -2.47. The summed E-state index contributed by atoms with van der Waals surface area (Å²) in [5, 5.41) is 0.648. The Bertz CT molecular complexity index is 477. The zero-order valence-electron chi connectivity index (χ0n) is 11.2. The van der Waals surface area contributed by atoms with E-state index in [1.807, 2.05) is 43.0 Å². The van der Waals surface area contributed by atoms with Crippen LogP contribution < -0.4 is 0 Å². The van der Waals surface area contributed by atoms with E-state index in [0.29, 0.717) is 18.1 Å². The molecule has 0 aromatic heterocycles. The van der Waals surface area contributed by atoms with Crippen molar-refractivity contribution in [2.75, 3.05) is 13.1 Å². The largest absolute Gasteiger partial charge is 0.372 e. The smallest absolute Gasteiger partial charge is 0.246 e. The Morgan fingerprint density at radius 2 is 1.95 bits per heavy atom. The third-order valence-corrected chi connectivity index (χ3v) is 3.39. The number of carbonyl (C=O) groups excluding carboxylic acids is 1. The van der Waals surface area contributed by atoms with Crippen molar-refractivity contribution in [3.63, 3.8) is 0 Å². The molecule has 0 saturated carbocycles. The fraction of sp³-hybridized carbons (Fsp3) is 0.400. The molecule has 4 heteroatoms. The maximum Gasteiger partial charge on any atom is 0.246 e. The lowest BCUT2D eigenvalue weighted by molar-refractivity contribution is -0.137. The number of halogens is 1. The van der Waals surface area contributed by atoms with Crippen LogP contribution in [0.2, 0.25) is 5.02 Å². The predicted octanol–water partition coefficient (Wildman–Crippen LogP) is 2.99. The lowest BCUT2D eigenvalue weighted by Gasteiger charge is -2.34. The number of hydrogen-bond acceptors (Lipinski definition) is 2. The SMILES string of the molecule is C[C@H]1CN(C(=O)/C=C/c2ccccc2Cl)C[C@H](C)O1. The first-order valence-electron chi connectivity index (χ1n) is 6.43. The van der Waals surface area contributed by atoms with Gasteiger partial charge in [0.2, 0.25) is 5.91 Å². The Kier molecular flexibility index (Phi) is 4.61. The molecule has 0 unspecified atom stereocenters. The van der Waals surface area contributed by atoms with Gasteiger partial charge in [0, 0.05) is 24.2 Å². The van der Waals surface area contributed by atoms with Crippen LogP contribution in [0.25, 0.3) is 6.08 Å². The highest BCUT2D eigenvalue weighted by Crippen LogP contribution is 2.17. The molecular weight excluding hydrogens is 262 g/mol. The molecule has 1 aliphatic heterocycles. The Morgan fingerprint density at radius 1 is 1.32 bits per heavy atom. The van der Waals surface area contributed by atoms with Gasteiger partial charge < -0.3 is 9.64 Å². The van der Waals surface area contributed by atoms with Crippen LogP contribution in [0.5, 0.6) is 0 Å². The van der Waals surface area contributed by atoms with Crippen LogP contribution in [0.3, 0.4) is 0 Å². The molecule has 1 fully saturated rings. The van der Waals surface area contributed by atoms with Gasteiger partial charge in [-0.25, -0.2) is 0 Å². The number of amides is 1. The first-order valence-corrected chi connectivity index (χ1v) is 6.81. The van der Waals surface area contributed by atoms with Gasteiger partial charge in [-0.3, -0.25) is 4.79 Å². The number of carbonyl (C=O) groups is 1. The Balaban J connectivity index is 2.03. The maximum absolute atomic E-state index is 12.1. The van der Waals surface area contributed by atoms with E-state index in [4.69, 9.17) is 16.3 Å². The molecule has 1 saturated heterocycles. The van der Waals surface area contributed by atoms with E-state index in [9.17, 15) is 4.79 Å². The molecule has 0 N–H and O–H groups in total. The van der Waals surface area contributed by atoms with Gasteiger partial charge in [-0.15, -0.1) is 0 Å². The minimum Gasteiger partial charge on any atom is -0.372 e. The average molecular weight is 280 g/mol. The van der Waals surface area contributed by atoms with Crippen LogP contribution in [0, 0.1) is 0 Å². The summed E-state index contributed by atoms with van der Waals surface area (Å²) in [4.78, 5) is 13.9. The summed E-state index contributed by atoms with van der Waals surface area (Å²) < 4.78 is 5.61. The number of hydrogen-bond donors (Lipinski definition) is 0. The summed E-state index contributed by atoms with van der Waals surface area (Å²) in [6.45, 7) is 5.23. The normalized spacial score (nSPS) is 23.8. The van der Waals surface area contributed by atoms with Crippen LogP contribution in [-0.4, -0.2) is 36.1 Å². The average Bonchev–Trinajstić information content (AvgIpc) is 2.36. The first kappa shape index (κ1) is 14.1. The van der Waals surface area contributed by atoms with E-state index >= 15 is 0 Å². The molecule has 19 heavy (non-hydrogen) atoms. The Hall–Kier alpha value is -1.32. The van der Waals surface area contributed by atoms with Crippen molar-refractivity contribution in [3.05, 3.63) is 40.9 Å². The quantitative estimate of drug-likeness (QED) is 0.779. The molecule has 0 radical (unpaired) electrons. The van der Waals surface area contributed by atoms with Gasteiger partial charge in [0.1, 0.15) is 0 Å². The summed E-state index contributed by atoms with van der Waals surface area (Å²) in [5.74, 6) is 0.00178. The molecule has 1 aliphatic rings. The van der Waals surface area contributed by atoms with Crippen molar-refractivity contribution in [2.24, 2.45) is 0 Å². The fourth-order valence-corrected chi connectivity index (χ4v) is 2.43. The molecule has 3 nitrogen and oxygen atoms in total. The molecular formula is C15H18ClNO2. The zero-order valence-corrected chi connectivity index (χ0v) is 11.9. The van der Waals surface area contributed by atoms with E-state index in [0.717, 1.165) is 5.56 Å². The van der Waals surface area contributed by atoms with Crippen molar-refractivity contribution in [1.29, 1.82) is 0 Å². The number of rotatable bonds is 2. The summed E-state index contributed by atoms with van der Waals surface area (Å²) in [5.41, 5.74) is 0.854. The van der Waals surface area contributed by atoms with Crippen molar-refractivity contribution < 1.29 is 9.53 Å². The first-order chi connectivity index (χ1) is 9.06. The topological polar surface area (TPSA) is 29.5 Å². The number of morpholine rings is 1. The molecule has 1 amide bonds. The van der Waals surface area contributed by atoms with Gasteiger partial charge in [-0.1, -0.05) is 29.8 Å². The maximum atomic E-state index is 12.1. The van der Waals surface area contributed by atoms with Gasteiger partial charge >= 0.3 is 0 Å². The van der Waals surface area contributed by atoms with E-state index in [2.05, 4.69) is 0 Å². The molecule has 0 bridgehead atoms. The highest BCUT2D eigenvalue weighted by molar-refractivity contribution is 6.32. The van der Waals surface area contributed by atoms with Gasteiger partial charge in [0.15, 0.2) is 0 Å². The van der Waals surface area contributed by atoms with Crippen molar-refractivity contribution in [2.45, 2.75) is 26.1 Å². The minimum absolute atomic E-state index is 0.00178. The summed E-state index contributed by atoms with van der Waals surface area (Å²) >= 11 is 6.04. The standard InChI is InChI=1S/C15H18ClNO2/c1-11-9-17(10-12(2)19-11)15(18)8-7-13-5-3-4-6-14(13)16/h3-8,11-12H,9-10H2,1-2H3/b8-7+/t11-,12-/m0/s1. The molecule has 2 rings (SSSR count). The second-order valence-corrected chi connectivity index (χ2v) is 5.26. The van der Waals surface area contributed by atoms with Gasteiger partial charge in [0.25, 0.3) is 0 Å². The summed E-state index contributed by atoms with van der Waals surface area (Å²) in [6.07, 6.45) is 3.50. The fourth-order valence-electron chi connectivity index (χ4n) is 2.23. The van der Waals surface area contributed by atoms with E-state index in [-0.39, 0.29) is 18.1 Å². The van der Waals surface area contributed by atoms with Gasteiger partial charge in [0.05, 0.1) is 12.2 Å². The van der Waals surface area contributed by atoms with E-state index in [1.54, 1.807) is 12.2 Å². The molecule has 1 aromatic carbocycles. The second kappa shape index (κ2) is 6.22. The van der Waals surface area contributed by atoms with Gasteiger partial charge in [-0.2, -0.15) is 0 Å². The highest BCUT2D eigenvalue weighted by Gasteiger charge is 2.24. The van der Waals surface area contributed by atoms with Crippen LogP contribution in [0.4, 0.5) is 0 Å². The molecule has 1 aromatic rings. The number of benzene rings is 1. The van der Waals surface area contributed by atoms with Crippen LogP contribution >= 0.6 is 11.6 Å². The summed E-state index contributed by atoms with van der Waals surface area (Å²) in [6, 6.07) is 7.46. The zero-order chi connectivity index (χ0) is 13.8. The minimum atomic E-state index is 0.00178. The Labute approximate surface area is 118 Å². The van der Waals surface area contributed by atoms with Crippen LogP contribution in [0.15, 0.2) is 30.3 Å². The number of nitrogens with zero attached hydrogens (tertiary/aromatic N) is 1. The van der Waals surface area contributed by atoms with Crippen LogP contribution in [0.1, 0.15) is 19.4 Å². The molecule has 1 heterocycles. The molecule has 102 valence electrons.